The van der Waals surface area contributed by atoms with Crippen LogP contribution in [0.15, 0.2) is 12.2 Å². The number of allylic oxidation sites excluding steroid dienone is 2. The molecule has 332 valence electrons. The highest BCUT2D eigenvalue weighted by Gasteiger charge is 2.11. The van der Waals surface area contributed by atoms with Crippen molar-refractivity contribution < 1.29 is 14.7 Å². The van der Waals surface area contributed by atoms with Gasteiger partial charge in [0.15, 0.2) is 0 Å². The lowest BCUT2D eigenvalue weighted by molar-refractivity contribution is -0.122. The van der Waals surface area contributed by atoms with Gasteiger partial charge in [-0.05, 0) is 51.4 Å². The lowest BCUT2D eigenvalue weighted by atomic mass is 10.0. The zero-order valence-electron chi connectivity index (χ0n) is 38.3. The van der Waals surface area contributed by atoms with Crippen LogP contribution in [0.25, 0.3) is 0 Å². The lowest BCUT2D eigenvalue weighted by Crippen LogP contribution is -2.37. The van der Waals surface area contributed by atoms with Crippen LogP contribution >= 0.6 is 0 Å². The first kappa shape index (κ1) is 54.8. The van der Waals surface area contributed by atoms with Gasteiger partial charge in [-0.15, -0.1) is 0 Å². The van der Waals surface area contributed by atoms with Gasteiger partial charge in [0, 0.05) is 19.3 Å². The molecular weight excluding hydrogens is 687 g/mol. The van der Waals surface area contributed by atoms with Crippen molar-refractivity contribution in [3.63, 3.8) is 0 Å². The van der Waals surface area contributed by atoms with Gasteiger partial charge in [0.2, 0.25) is 5.91 Å². The molecule has 0 spiro atoms. The van der Waals surface area contributed by atoms with Crippen LogP contribution in [0.1, 0.15) is 296 Å². The number of rotatable bonds is 48. The molecule has 4 nitrogen and oxygen atoms in total. The number of aliphatic hydroxyl groups excluding tert-OH is 1. The summed E-state index contributed by atoms with van der Waals surface area (Å²) in [6.07, 6.45) is 60.0. The number of hydrogen-bond acceptors (Lipinski definition) is 3. The summed E-state index contributed by atoms with van der Waals surface area (Å²) >= 11 is 0. The fourth-order valence-corrected chi connectivity index (χ4v) is 8.16. The molecule has 4 heteroatoms. The minimum absolute atomic E-state index is 0.0591. The van der Waals surface area contributed by atoms with Gasteiger partial charge in [-0.1, -0.05) is 238 Å². The summed E-state index contributed by atoms with van der Waals surface area (Å²) in [6, 6.07) is -0.0685. The summed E-state index contributed by atoms with van der Waals surface area (Å²) in [4.78, 5) is 24.6. The molecule has 0 aromatic heterocycles. The average Bonchev–Trinajstić information content (AvgIpc) is 3.20. The summed E-state index contributed by atoms with van der Waals surface area (Å²) < 4.78 is 0. The van der Waals surface area contributed by atoms with E-state index in [1.807, 2.05) is 0 Å². The van der Waals surface area contributed by atoms with Gasteiger partial charge in [-0.3, -0.25) is 9.59 Å². The van der Waals surface area contributed by atoms with E-state index >= 15 is 0 Å². The van der Waals surface area contributed by atoms with E-state index in [0.717, 1.165) is 51.4 Å². The zero-order valence-corrected chi connectivity index (χ0v) is 38.3. The summed E-state index contributed by atoms with van der Waals surface area (Å²) in [5.41, 5.74) is 0. The fraction of sp³-hybridized carbons (Fsp3) is 0.923. The number of ketones is 1. The monoisotopic (exact) mass is 788 g/mol. The maximum Gasteiger partial charge on any atom is 0.220 e. The minimum atomic E-state index is -0.0685. The Labute approximate surface area is 351 Å². The molecule has 0 aliphatic carbocycles. The fourth-order valence-electron chi connectivity index (χ4n) is 8.16. The second kappa shape index (κ2) is 48.2. The third-order valence-electron chi connectivity index (χ3n) is 12.1. The Balaban J connectivity index is 3.38. The molecule has 0 fully saturated rings. The van der Waals surface area contributed by atoms with Crippen LogP contribution in [-0.4, -0.2) is 29.4 Å². The molecule has 0 saturated carbocycles. The molecular formula is C52H101NO3. The van der Waals surface area contributed by atoms with Crippen molar-refractivity contribution in [3.8, 4) is 0 Å². The smallest absolute Gasteiger partial charge is 0.220 e. The molecule has 1 atom stereocenters. The molecule has 0 aromatic carbocycles. The molecule has 56 heavy (non-hydrogen) atoms. The number of carbonyl (C=O) groups excluding carboxylic acids is 2. The quantitative estimate of drug-likeness (QED) is 0.0477. The highest BCUT2D eigenvalue weighted by Crippen LogP contribution is 2.17. The summed E-state index contributed by atoms with van der Waals surface area (Å²) in [6.45, 7) is 4.62. The van der Waals surface area contributed by atoms with E-state index in [4.69, 9.17) is 0 Å². The molecule has 0 aromatic rings. The maximum atomic E-state index is 12.4. The van der Waals surface area contributed by atoms with Gasteiger partial charge in [0.25, 0.3) is 0 Å². The Morgan fingerprint density at radius 2 is 0.679 bits per heavy atom. The van der Waals surface area contributed by atoms with Crippen molar-refractivity contribution in [1.29, 1.82) is 0 Å². The molecule has 0 rings (SSSR count). The van der Waals surface area contributed by atoms with E-state index in [9.17, 15) is 14.7 Å². The molecule has 0 aliphatic rings. The van der Waals surface area contributed by atoms with Gasteiger partial charge in [-0.25, -0.2) is 0 Å². The van der Waals surface area contributed by atoms with Crippen molar-refractivity contribution in [1.82, 2.24) is 5.32 Å². The van der Waals surface area contributed by atoms with Crippen molar-refractivity contribution in [2.24, 2.45) is 0 Å². The van der Waals surface area contributed by atoms with E-state index in [2.05, 4.69) is 31.3 Å². The van der Waals surface area contributed by atoms with Crippen LogP contribution in [0.4, 0.5) is 0 Å². The third kappa shape index (κ3) is 45.5. The van der Waals surface area contributed by atoms with Crippen LogP contribution in [0, 0.1) is 0 Å². The third-order valence-corrected chi connectivity index (χ3v) is 12.1. The molecule has 0 heterocycles. The summed E-state index contributed by atoms with van der Waals surface area (Å²) in [5.74, 6) is 0.613. The van der Waals surface area contributed by atoms with E-state index in [1.54, 1.807) is 0 Å². The van der Waals surface area contributed by atoms with Crippen molar-refractivity contribution >= 4 is 11.7 Å². The topological polar surface area (TPSA) is 66.4 Å². The Morgan fingerprint density at radius 3 is 1.02 bits per heavy atom. The van der Waals surface area contributed by atoms with Crippen LogP contribution in [-0.2, 0) is 9.59 Å². The van der Waals surface area contributed by atoms with E-state index < -0.39 is 0 Å². The van der Waals surface area contributed by atoms with Crippen LogP contribution < -0.4 is 5.32 Å². The number of hydrogen-bond donors (Lipinski definition) is 2. The first-order valence-corrected chi connectivity index (χ1v) is 25.7. The average molecular weight is 788 g/mol. The van der Waals surface area contributed by atoms with Crippen molar-refractivity contribution in [2.75, 3.05) is 6.61 Å². The van der Waals surface area contributed by atoms with Crippen LogP contribution in [0.2, 0.25) is 0 Å². The zero-order chi connectivity index (χ0) is 40.7. The Hall–Kier alpha value is -1.16. The Bertz CT molecular complexity index is 810. The van der Waals surface area contributed by atoms with Gasteiger partial charge in [0.1, 0.15) is 5.78 Å². The Kier molecular flexibility index (Phi) is 47.2. The normalized spacial score (nSPS) is 12.2. The second-order valence-corrected chi connectivity index (χ2v) is 17.8. The minimum Gasteiger partial charge on any atom is -0.394 e. The number of amides is 1. The van der Waals surface area contributed by atoms with Crippen molar-refractivity contribution in [2.45, 2.75) is 302 Å². The first-order chi connectivity index (χ1) is 27.6. The molecule has 0 unspecified atom stereocenters. The molecule has 0 bridgehead atoms. The van der Waals surface area contributed by atoms with Gasteiger partial charge in [0.05, 0.1) is 12.6 Å². The van der Waals surface area contributed by atoms with Gasteiger partial charge < -0.3 is 10.4 Å². The van der Waals surface area contributed by atoms with Crippen LogP contribution in [0.3, 0.4) is 0 Å². The number of nitrogens with one attached hydrogen (secondary N) is 1. The second-order valence-electron chi connectivity index (χ2n) is 17.8. The van der Waals surface area contributed by atoms with Crippen molar-refractivity contribution in [3.05, 3.63) is 12.2 Å². The predicted molar refractivity (Wildman–Crippen MR) is 248 cm³/mol. The van der Waals surface area contributed by atoms with E-state index in [-0.39, 0.29) is 18.6 Å². The number of Topliss-reactive ketones (excluding diaryl/α,β-unsaturated/α-hetero) is 1. The number of unbranched alkanes of at least 4 members (excludes halogenated alkanes) is 36. The standard InChI is InChI=1S/C52H101NO3/c1-3-5-7-9-11-13-15-17-19-22-26-30-34-38-42-46-51(55)47-43-39-35-31-27-23-20-24-28-32-36-40-44-48-52(56)53-50(49-54)45-41-37-33-29-25-21-18-16-14-12-10-8-6-4-2/h17,19,50,54H,3-16,18,20-49H2,1-2H3,(H,53,56)/t50-/m0/s1. The number of carbonyl (C=O) groups is 2. The maximum absolute atomic E-state index is 12.4. The Morgan fingerprint density at radius 1 is 0.393 bits per heavy atom. The molecule has 2 N–H and O–H groups in total. The van der Waals surface area contributed by atoms with E-state index in [1.165, 1.54) is 225 Å². The van der Waals surface area contributed by atoms with Crippen LogP contribution in [0.5, 0.6) is 0 Å². The molecule has 0 radical (unpaired) electrons. The summed E-state index contributed by atoms with van der Waals surface area (Å²) in [7, 11) is 0. The summed E-state index contributed by atoms with van der Waals surface area (Å²) in [5, 5.41) is 12.8. The molecule has 0 aliphatic heterocycles. The SMILES string of the molecule is CCCCCCCCC=CCCCCCCCC(=O)CCCCCCCCCCCCCCCC(=O)N[C@H](CO)CCCCCCCCCCCCCCCC. The molecule has 0 saturated heterocycles. The largest absolute Gasteiger partial charge is 0.394 e. The highest BCUT2D eigenvalue weighted by atomic mass is 16.3. The van der Waals surface area contributed by atoms with Gasteiger partial charge in [-0.2, -0.15) is 0 Å². The highest BCUT2D eigenvalue weighted by molar-refractivity contribution is 5.78. The van der Waals surface area contributed by atoms with E-state index in [0.29, 0.717) is 12.2 Å². The lowest BCUT2D eigenvalue weighted by Gasteiger charge is -2.16. The predicted octanol–water partition coefficient (Wildman–Crippen LogP) is 16.8. The number of aliphatic hydroxyl groups is 1. The molecule has 1 amide bonds. The van der Waals surface area contributed by atoms with Gasteiger partial charge >= 0.3 is 0 Å². The first-order valence-electron chi connectivity index (χ1n) is 25.7.